The molecule has 0 aliphatic rings. The van der Waals surface area contributed by atoms with E-state index in [0.29, 0.717) is 10.7 Å². The zero-order valence-corrected chi connectivity index (χ0v) is 16.2. The highest BCUT2D eigenvalue weighted by Gasteiger charge is 2.27. The van der Waals surface area contributed by atoms with E-state index in [2.05, 4.69) is 15.3 Å². The van der Waals surface area contributed by atoms with E-state index in [1.165, 1.54) is 28.2 Å². The summed E-state index contributed by atoms with van der Waals surface area (Å²) in [5.74, 6) is -2.08. The molecule has 10 heteroatoms. The number of amides is 2. The van der Waals surface area contributed by atoms with Crippen molar-refractivity contribution in [2.45, 2.75) is 27.2 Å². The molecule has 0 unspecified atom stereocenters. The van der Waals surface area contributed by atoms with Crippen LogP contribution in [0.2, 0.25) is 0 Å². The van der Waals surface area contributed by atoms with Crippen molar-refractivity contribution in [2.75, 3.05) is 6.54 Å². The van der Waals surface area contributed by atoms with Crippen LogP contribution < -0.4 is 10.8 Å². The first-order chi connectivity index (χ1) is 12.3. The molecule has 0 bridgehead atoms. The fourth-order valence-electron chi connectivity index (χ4n) is 2.25. The number of hydroxylamine groups is 1. The molecular weight excluding hydrogens is 376 g/mol. The van der Waals surface area contributed by atoms with Gasteiger partial charge in [0, 0.05) is 23.1 Å². The largest absolute Gasteiger partial charge is 0.347 e. The molecule has 1 atom stereocenters. The van der Waals surface area contributed by atoms with Gasteiger partial charge in [0.05, 0.1) is 11.6 Å². The summed E-state index contributed by atoms with van der Waals surface area (Å²) in [6.07, 6.45) is -0.0104. The fraction of sp³-hybridized carbons (Fsp3) is 0.438. The molecule has 0 fully saturated rings. The number of hydrogen-bond acceptors (Lipinski definition) is 8. The van der Waals surface area contributed by atoms with Crippen molar-refractivity contribution in [3.8, 4) is 10.7 Å². The summed E-state index contributed by atoms with van der Waals surface area (Å²) in [7, 11) is 0. The van der Waals surface area contributed by atoms with Crippen LogP contribution in [0, 0.1) is 18.8 Å². The predicted molar refractivity (Wildman–Crippen MR) is 98.2 cm³/mol. The van der Waals surface area contributed by atoms with Crippen LogP contribution in [0.3, 0.4) is 0 Å². The van der Waals surface area contributed by atoms with Gasteiger partial charge in [0.25, 0.3) is 5.91 Å². The third kappa shape index (κ3) is 5.16. The van der Waals surface area contributed by atoms with E-state index < -0.39 is 17.7 Å². The maximum absolute atomic E-state index is 12.5. The minimum absolute atomic E-state index is 0.0104. The average molecular weight is 396 g/mol. The van der Waals surface area contributed by atoms with Crippen LogP contribution in [0.4, 0.5) is 0 Å². The van der Waals surface area contributed by atoms with Crippen molar-refractivity contribution in [3.05, 3.63) is 21.5 Å². The molecule has 2 rings (SSSR count). The van der Waals surface area contributed by atoms with Crippen LogP contribution in [0.1, 0.15) is 35.8 Å². The summed E-state index contributed by atoms with van der Waals surface area (Å²) in [5.41, 5.74) is 2.49. The number of hydrogen-bond donors (Lipinski definition) is 3. The van der Waals surface area contributed by atoms with Crippen molar-refractivity contribution in [1.29, 1.82) is 0 Å². The standard InChI is InChI=1S/C16H20N4O4S2/c1-8(2)10(15(23)17-5-14(22)20-24)4-13(21)11-6-26-16(19-11)12-7-25-9(3)18-12/h6-8,10,24H,4-5H2,1-3H3,(H,17,23)(H,20,22)/t10-/m0/s1. The molecule has 0 aliphatic carbocycles. The molecule has 0 saturated carbocycles. The normalized spacial score (nSPS) is 12.0. The Morgan fingerprint density at radius 2 is 1.92 bits per heavy atom. The maximum Gasteiger partial charge on any atom is 0.262 e. The lowest BCUT2D eigenvalue weighted by molar-refractivity contribution is -0.133. The maximum atomic E-state index is 12.5. The van der Waals surface area contributed by atoms with Crippen LogP contribution in [0.5, 0.6) is 0 Å². The number of carbonyl (C=O) groups is 3. The first-order valence-corrected chi connectivity index (χ1v) is 9.69. The van der Waals surface area contributed by atoms with Gasteiger partial charge in [-0.05, 0) is 12.8 Å². The highest BCUT2D eigenvalue weighted by Crippen LogP contribution is 2.26. The number of aromatic nitrogens is 2. The molecule has 8 nitrogen and oxygen atoms in total. The molecule has 2 aromatic rings. The summed E-state index contributed by atoms with van der Waals surface area (Å²) < 4.78 is 0. The van der Waals surface area contributed by atoms with Gasteiger partial charge >= 0.3 is 0 Å². The Labute approximate surface area is 158 Å². The van der Waals surface area contributed by atoms with E-state index in [0.717, 1.165) is 10.7 Å². The summed E-state index contributed by atoms with van der Waals surface area (Å²) in [5, 5.41) is 16.0. The van der Waals surface area contributed by atoms with Crippen LogP contribution >= 0.6 is 22.7 Å². The Bertz CT molecular complexity index is 800. The first-order valence-electron chi connectivity index (χ1n) is 7.93. The number of ketones is 1. The molecule has 0 saturated heterocycles. The highest BCUT2D eigenvalue weighted by atomic mass is 32.1. The van der Waals surface area contributed by atoms with Gasteiger partial charge in [-0.25, -0.2) is 15.4 Å². The summed E-state index contributed by atoms with van der Waals surface area (Å²) in [6, 6.07) is 0. The SMILES string of the molecule is Cc1nc(-c2nc(C(=O)C[C@H](C(=O)NCC(=O)NO)C(C)C)cs2)cs1. The molecule has 2 amide bonds. The van der Waals surface area contributed by atoms with E-state index in [1.54, 1.807) is 5.38 Å². The van der Waals surface area contributed by atoms with Gasteiger partial charge in [-0.3, -0.25) is 19.6 Å². The number of carbonyl (C=O) groups excluding carboxylic acids is 3. The van der Waals surface area contributed by atoms with Crippen molar-refractivity contribution in [1.82, 2.24) is 20.8 Å². The molecule has 3 N–H and O–H groups in total. The van der Waals surface area contributed by atoms with E-state index in [-0.39, 0.29) is 24.7 Å². The van der Waals surface area contributed by atoms with Gasteiger partial charge in [-0.2, -0.15) is 0 Å². The lowest BCUT2D eigenvalue weighted by Crippen LogP contribution is -2.40. The highest BCUT2D eigenvalue weighted by molar-refractivity contribution is 7.14. The van der Waals surface area contributed by atoms with E-state index >= 15 is 0 Å². The minimum Gasteiger partial charge on any atom is -0.347 e. The average Bonchev–Trinajstić information content (AvgIpc) is 3.25. The second-order valence-corrected chi connectivity index (χ2v) is 7.94. The second kappa shape index (κ2) is 8.97. The number of thiazole rings is 2. The lowest BCUT2D eigenvalue weighted by Gasteiger charge is -2.18. The Kier molecular flexibility index (Phi) is 6.95. The van der Waals surface area contributed by atoms with Crippen LogP contribution in [-0.4, -0.2) is 39.3 Å². The number of nitrogens with zero attached hydrogens (tertiary/aromatic N) is 2. The number of nitrogens with one attached hydrogen (secondary N) is 2. The Balaban J connectivity index is 2.04. The second-order valence-electron chi connectivity index (χ2n) is 6.02. The zero-order valence-electron chi connectivity index (χ0n) is 14.6. The number of Topliss-reactive ketones (excluding diaryl/α,β-unsaturated/α-hetero) is 1. The summed E-state index contributed by atoms with van der Waals surface area (Å²) >= 11 is 2.85. The van der Waals surface area contributed by atoms with Gasteiger partial charge in [0.15, 0.2) is 5.78 Å². The topological polar surface area (TPSA) is 121 Å². The number of rotatable bonds is 8. The molecule has 0 aromatic carbocycles. The van der Waals surface area contributed by atoms with Gasteiger partial charge in [-0.1, -0.05) is 13.8 Å². The first kappa shape index (κ1) is 20.1. The lowest BCUT2D eigenvalue weighted by atomic mass is 9.89. The number of aryl methyl sites for hydroxylation is 1. The van der Waals surface area contributed by atoms with Gasteiger partial charge in [-0.15, -0.1) is 22.7 Å². The Morgan fingerprint density at radius 3 is 2.50 bits per heavy atom. The van der Waals surface area contributed by atoms with E-state index in [1.807, 2.05) is 26.2 Å². The zero-order chi connectivity index (χ0) is 19.3. The quantitative estimate of drug-likeness (QED) is 0.357. The third-order valence-electron chi connectivity index (χ3n) is 3.72. The Hall–Kier alpha value is -2.17. The van der Waals surface area contributed by atoms with Crippen LogP contribution in [0.15, 0.2) is 10.8 Å². The van der Waals surface area contributed by atoms with E-state index in [9.17, 15) is 14.4 Å². The van der Waals surface area contributed by atoms with Crippen LogP contribution in [0.25, 0.3) is 10.7 Å². The molecule has 26 heavy (non-hydrogen) atoms. The predicted octanol–water partition coefficient (Wildman–Crippen LogP) is 2.04. The van der Waals surface area contributed by atoms with Crippen molar-refractivity contribution >= 4 is 40.3 Å². The monoisotopic (exact) mass is 396 g/mol. The molecule has 0 spiro atoms. The minimum atomic E-state index is -0.727. The van der Waals surface area contributed by atoms with Crippen molar-refractivity contribution in [2.24, 2.45) is 11.8 Å². The molecule has 2 aromatic heterocycles. The molecule has 140 valence electrons. The molecular formula is C16H20N4O4S2. The smallest absolute Gasteiger partial charge is 0.262 e. The van der Waals surface area contributed by atoms with Gasteiger partial charge in [0.2, 0.25) is 5.91 Å². The molecule has 0 radical (unpaired) electrons. The van der Waals surface area contributed by atoms with Crippen molar-refractivity contribution in [3.63, 3.8) is 0 Å². The molecule has 2 heterocycles. The Morgan fingerprint density at radius 1 is 1.19 bits per heavy atom. The van der Waals surface area contributed by atoms with Gasteiger partial charge < -0.3 is 5.32 Å². The van der Waals surface area contributed by atoms with Gasteiger partial charge in [0.1, 0.15) is 16.4 Å². The summed E-state index contributed by atoms with van der Waals surface area (Å²) in [6.45, 7) is 5.20. The summed E-state index contributed by atoms with van der Waals surface area (Å²) in [4.78, 5) is 44.5. The third-order valence-corrected chi connectivity index (χ3v) is 5.36. The molecule has 0 aliphatic heterocycles. The van der Waals surface area contributed by atoms with Crippen molar-refractivity contribution < 1.29 is 19.6 Å². The fourth-order valence-corrected chi connectivity index (χ4v) is 3.71. The van der Waals surface area contributed by atoms with Crippen LogP contribution in [-0.2, 0) is 9.59 Å². The van der Waals surface area contributed by atoms with E-state index in [4.69, 9.17) is 5.21 Å².